The lowest BCUT2D eigenvalue weighted by Crippen LogP contribution is -2.20. The Balaban J connectivity index is 1.59. The molecule has 0 aliphatic carbocycles. The summed E-state index contributed by atoms with van der Waals surface area (Å²) in [6.45, 7) is 2.13. The van der Waals surface area contributed by atoms with Crippen LogP contribution in [0, 0.1) is 5.82 Å². The first-order chi connectivity index (χ1) is 20.6. The van der Waals surface area contributed by atoms with E-state index in [-0.39, 0.29) is 52.3 Å². The van der Waals surface area contributed by atoms with Crippen LogP contribution >= 0.6 is 27.5 Å². The Kier molecular flexibility index (Phi) is 8.84. The number of halogens is 6. The highest BCUT2D eigenvalue weighted by molar-refractivity contribution is 9.10. The summed E-state index contributed by atoms with van der Waals surface area (Å²) in [4.78, 5) is 18.0. The molecule has 0 unspecified atom stereocenters. The molecule has 0 bridgehead atoms. The standard InChI is InChI=1S/C31H21BrClF4N3O3/c1-2-42-25-15-20(26(32)27(33)28(25)43-17-18-10-12-22(34)13-11-18)16-38-40-29(19-6-5-7-21(14-19)31(35,36)37)39-24-9-4-3-8-23(24)30(40)41/h3-16H,2,17H2,1H3. The number of alkyl halides is 3. The van der Waals surface area contributed by atoms with Crippen molar-refractivity contribution in [3.63, 3.8) is 0 Å². The molecule has 0 atom stereocenters. The van der Waals surface area contributed by atoms with E-state index in [0.717, 1.165) is 16.8 Å². The molecule has 0 aliphatic rings. The van der Waals surface area contributed by atoms with E-state index in [2.05, 4.69) is 26.0 Å². The molecule has 220 valence electrons. The fraction of sp³-hybridized carbons (Fsp3) is 0.129. The second-order valence-electron chi connectivity index (χ2n) is 9.16. The van der Waals surface area contributed by atoms with E-state index in [1.54, 1.807) is 49.4 Å². The van der Waals surface area contributed by atoms with E-state index in [1.165, 1.54) is 30.5 Å². The smallest absolute Gasteiger partial charge is 0.416 e. The van der Waals surface area contributed by atoms with Gasteiger partial charge in [0.1, 0.15) is 17.4 Å². The Bertz CT molecular complexity index is 1890. The van der Waals surface area contributed by atoms with Crippen LogP contribution in [0.25, 0.3) is 22.3 Å². The Morgan fingerprint density at radius 2 is 1.77 bits per heavy atom. The predicted molar refractivity (Wildman–Crippen MR) is 160 cm³/mol. The predicted octanol–water partition coefficient (Wildman–Crippen LogP) is 8.50. The van der Waals surface area contributed by atoms with Gasteiger partial charge in [0.2, 0.25) is 0 Å². The Hall–Kier alpha value is -4.22. The van der Waals surface area contributed by atoms with Gasteiger partial charge in [-0.3, -0.25) is 4.79 Å². The largest absolute Gasteiger partial charge is 0.490 e. The summed E-state index contributed by atoms with van der Waals surface area (Å²) < 4.78 is 66.7. The van der Waals surface area contributed by atoms with E-state index in [1.807, 2.05) is 0 Å². The summed E-state index contributed by atoms with van der Waals surface area (Å²) in [5.74, 6) is 0.0464. The molecule has 5 aromatic rings. The molecule has 0 saturated carbocycles. The van der Waals surface area contributed by atoms with Crippen LogP contribution in [-0.4, -0.2) is 22.5 Å². The molecule has 0 saturated heterocycles. The quantitative estimate of drug-likeness (QED) is 0.122. The van der Waals surface area contributed by atoms with Crippen LogP contribution in [0.2, 0.25) is 5.02 Å². The van der Waals surface area contributed by atoms with Crippen molar-refractivity contribution in [1.29, 1.82) is 0 Å². The molecule has 0 N–H and O–H groups in total. The number of ether oxygens (including phenoxy) is 2. The first-order valence-electron chi connectivity index (χ1n) is 12.8. The lowest BCUT2D eigenvalue weighted by atomic mass is 10.1. The molecule has 5 rings (SSSR count). The van der Waals surface area contributed by atoms with Gasteiger partial charge in [-0.05, 0) is 70.9 Å². The van der Waals surface area contributed by atoms with E-state index >= 15 is 0 Å². The fourth-order valence-corrected chi connectivity index (χ4v) is 4.86. The second kappa shape index (κ2) is 12.6. The third-order valence-electron chi connectivity index (χ3n) is 6.27. The number of hydrogen-bond acceptors (Lipinski definition) is 5. The van der Waals surface area contributed by atoms with Crippen molar-refractivity contribution in [3.8, 4) is 22.9 Å². The van der Waals surface area contributed by atoms with Gasteiger partial charge in [0.05, 0.1) is 29.3 Å². The Labute approximate surface area is 256 Å². The first-order valence-corrected chi connectivity index (χ1v) is 14.0. The maximum Gasteiger partial charge on any atom is 0.416 e. The molecule has 6 nitrogen and oxygen atoms in total. The van der Waals surface area contributed by atoms with Gasteiger partial charge in [-0.2, -0.15) is 22.9 Å². The van der Waals surface area contributed by atoms with Gasteiger partial charge in [0, 0.05) is 15.6 Å². The van der Waals surface area contributed by atoms with Crippen molar-refractivity contribution < 1.29 is 27.0 Å². The molecule has 43 heavy (non-hydrogen) atoms. The second-order valence-corrected chi connectivity index (χ2v) is 10.3. The summed E-state index contributed by atoms with van der Waals surface area (Å²) >= 11 is 10.1. The average Bonchev–Trinajstić information content (AvgIpc) is 2.99. The molecular formula is C31H21BrClF4N3O3. The van der Waals surface area contributed by atoms with Gasteiger partial charge in [0.15, 0.2) is 17.3 Å². The summed E-state index contributed by atoms with van der Waals surface area (Å²) in [7, 11) is 0. The molecule has 0 amide bonds. The van der Waals surface area contributed by atoms with E-state index in [4.69, 9.17) is 21.1 Å². The molecular weight excluding hydrogens is 654 g/mol. The monoisotopic (exact) mass is 673 g/mol. The average molecular weight is 675 g/mol. The van der Waals surface area contributed by atoms with Gasteiger partial charge >= 0.3 is 6.18 Å². The zero-order valence-electron chi connectivity index (χ0n) is 22.3. The Morgan fingerprint density at radius 1 is 1.02 bits per heavy atom. The Morgan fingerprint density at radius 3 is 2.49 bits per heavy atom. The van der Waals surface area contributed by atoms with Crippen molar-refractivity contribution in [2.75, 3.05) is 6.61 Å². The summed E-state index contributed by atoms with van der Waals surface area (Å²) in [6, 6.07) is 18.4. The van der Waals surface area contributed by atoms with Gasteiger partial charge in [-0.25, -0.2) is 9.37 Å². The number of nitrogens with zero attached hydrogens (tertiary/aromatic N) is 3. The molecule has 0 spiro atoms. The minimum absolute atomic E-state index is 0.0477. The summed E-state index contributed by atoms with van der Waals surface area (Å²) in [5, 5.41) is 4.72. The maximum atomic E-state index is 13.5. The molecule has 0 aliphatic heterocycles. The van der Waals surface area contributed by atoms with Gasteiger partial charge < -0.3 is 9.47 Å². The van der Waals surface area contributed by atoms with E-state index in [9.17, 15) is 22.4 Å². The zero-order chi connectivity index (χ0) is 30.7. The number of benzene rings is 4. The molecule has 12 heteroatoms. The van der Waals surface area contributed by atoms with Crippen LogP contribution in [0.15, 0.2) is 93.2 Å². The maximum absolute atomic E-state index is 13.5. The van der Waals surface area contributed by atoms with Crippen molar-refractivity contribution >= 4 is 44.6 Å². The summed E-state index contributed by atoms with van der Waals surface area (Å²) in [5.41, 5.74) is -0.0382. The number of para-hydroxylation sites is 1. The van der Waals surface area contributed by atoms with Gasteiger partial charge in [-0.15, -0.1) is 0 Å². The highest BCUT2D eigenvalue weighted by atomic mass is 79.9. The van der Waals surface area contributed by atoms with Gasteiger partial charge in [0.25, 0.3) is 5.56 Å². The van der Waals surface area contributed by atoms with Crippen LogP contribution in [-0.2, 0) is 12.8 Å². The first kappa shape index (κ1) is 30.2. The molecule has 0 radical (unpaired) electrons. The topological polar surface area (TPSA) is 65.7 Å². The minimum Gasteiger partial charge on any atom is -0.490 e. The van der Waals surface area contributed by atoms with Crippen LogP contribution in [0.5, 0.6) is 11.5 Å². The van der Waals surface area contributed by atoms with Crippen molar-refractivity contribution in [1.82, 2.24) is 9.66 Å². The third kappa shape index (κ3) is 6.57. The number of aromatic nitrogens is 2. The molecule has 0 fully saturated rings. The van der Waals surface area contributed by atoms with Crippen LogP contribution < -0.4 is 15.0 Å². The number of hydrogen-bond donors (Lipinski definition) is 0. The zero-order valence-corrected chi connectivity index (χ0v) is 24.7. The summed E-state index contributed by atoms with van der Waals surface area (Å²) in [6.07, 6.45) is -3.28. The van der Waals surface area contributed by atoms with E-state index < -0.39 is 17.3 Å². The van der Waals surface area contributed by atoms with Crippen LogP contribution in [0.1, 0.15) is 23.6 Å². The highest BCUT2D eigenvalue weighted by Gasteiger charge is 2.31. The number of rotatable bonds is 8. The van der Waals surface area contributed by atoms with Crippen molar-refractivity contribution in [3.05, 3.63) is 121 Å². The minimum atomic E-state index is -4.60. The normalized spacial score (nSPS) is 11.8. The van der Waals surface area contributed by atoms with E-state index in [0.29, 0.717) is 21.1 Å². The highest BCUT2D eigenvalue weighted by Crippen LogP contribution is 2.43. The van der Waals surface area contributed by atoms with Gasteiger partial charge in [-0.1, -0.05) is 48.0 Å². The lowest BCUT2D eigenvalue weighted by molar-refractivity contribution is -0.137. The van der Waals surface area contributed by atoms with Crippen molar-refractivity contribution in [2.45, 2.75) is 19.7 Å². The van der Waals surface area contributed by atoms with Crippen LogP contribution in [0.4, 0.5) is 17.6 Å². The third-order valence-corrected chi connectivity index (χ3v) is 7.71. The number of fused-ring (bicyclic) bond motifs is 1. The molecule has 1 heterocycles. The van der Waals surface area contributed by atoms with Crippen LogP contribution in [0.3, 0.4) is 0 Å². The fourth-order valence-electron chi connectivity index (χ4n) is 4.20. The van der Waals surface area contributed by atoms with Crippen molar-refractivity contribution in [2.24, 2.45) is 5.10 Å². The lowest BCUT2D eigenvalue weighted by Gasteiger charge is -2.16. The SMILES string of the molecule is CCOc1cc(C=Nn2c(-c3cccc(C(F)(F)F)c3)nc3ccccc3c2=O)c(Br)c(Cl)c1OCc1ccc(F)cc1. The molecule has 4 aromatic carbocycles. The molecule has 1 aromatic heterocycles.